The third-order valence-corrected chi connectivity index (χ3v) is 4.50. The number of carbonyl (C=O) groups is 2. The number of benzene rings is 1. The van der Waals surface area contributed by atoms with Crippen molar-refractivity contribution in [2.45, 2.75) is 52.6 Å². The number of rotatable bonds is 7. The number of unbranched alkanes of at least 4 members (excludes halogenated alkanes) is 2. The molecule has 2 aromatic rings. The lowest BCUT2D eigenvalue weighted by atomic mass is 9.86. The largest absolute Gasteiger partial charge is 0.368 e. The molecule has 0 aliphatic carbocycles. The fraction of sp³-hybridized carbons (Fsp3) is 0.474. The molecule has 1 aromatic carbocycles. The number of nitriles is 1. The number of primary amides is 1. The number of fused-ring (bicyclic) bond motifs is 1. The van der Waals surface area contributed by atoms with Crippen molar-refractivity contribution in [1.82, 2.24) is 15.1 Å². The molecular formula is C19H24ClN5O2. The average Bonchev–Trinajstić information content (AvgIpc) is 2.93. The maximum Gasteiger partial charge on any atom is 0.273 e. The van der Waals surface area contributed by atoms with E-state index in [1.54, 1.807) is 22.9 Å². The van der Waals surface area contributed by atoms with Crippen LogP contribution in [0.5, 0.6) is 0 Å². The lowest BCUT2D eigenvalue weighted by Gasteiger charge is -2.28. The highest BCUT2D eigenvalue weighted by atomic mass is 35.5. The normalized spacial score (nSPS) is 12.6. The number of amides is 2. The molecule has 0 unspecified atom stereocenters. The van der Waals surface area contributed by atoms with Crippen LogP contribution in [0, 0.1) is 16.7 Å². The van der Waals surface area contributed by atoms with Gasteiger partial charge in [-0.3, -0.25) is 14.3 Å². The van der Waals surface area contributed by atoms with Crippen LogP contribution < -0.4 is 11.1 Å². The number of aromatic nitrogens is 2. The van der Waals surface area contributed by atoms with Crippen LogP contribution >= 0.6 is 11.6 Å². The number of hydrogen-bond acceptors (Lipinski definition) is 4. The third kappa shape index (κ3) is 4.98. The molecule has 0 saturated carbocycles. The van der Waals surface area contributed by atoms with Crippen molar-refractivity contribution in [1.29, 1.82) is 5.26 Å². The van der Waals surface area contributed by atoms with Crippen LogP contribution in [0.15, 0.2) is 18.2 Å². The Morgan fingerprint density at radius 1 is 1.37 bits per heavy atom. The van der Waals surface area contributed by atoms with Gasteiger partial charge in [-0.2, -0.15) is 10.4 Å². The van der Waals surface area contributed by atoms with Gasteiger partial charge in [0, 0.05) is 23.4 Å². The maximum absolute atomic E-state index is 12.8. The average molecular weight is 390 g/mol. The Morgan fingerprint density at radius 2 is 2.07 bits per heavy atom. The first-order chi connectivity index (χ1) is 12.6. The van der Waals surface area contributed by atoms with Gasteiger partial charge in [-0.05, 0) is 36.5 Å². The highest BCUT2D eigenvalue weighted by molar-refractivity contribution is 6.31. The van der Waals surface area contributed by atoms with E-state index in [0.717, 1.165) is 18.4 Å². The SMILES string of the molecule is CC(C)(C)[C@H](NC(=O)c1nn(CCCCC#N)c2ccc(Cl)cc12)C(N)=O. The van der Waals surface area contributed by atoms with Crippen molar-refractivity contribution >= 4 is 34.3 Å². The first kappa shape index (κ1) is 20.7. The Morgan fingerprint density at radius 3 is 2.67 bits per heavy atom. The van der Waals surface area contributed by atoms with Gasteiger partial charge in [0.2, 0.25) is 5.91 Å². The molecule has 3 N–H and O–H groups in total. The third-order valence-electron chi connectivity index (χ3n) is 4.26. The fourth-order valence-corrected chi connectivity index (χ4v) is 3.04. The molecule has 0 aliphatic rings. The Labute approximate surface area is 163 Å². The van der Waals surface area contributed by atoms with Crippen molar-refractivity contribution in [2.75, 3.05) is 0 Å². The summed E-state index contributed by atoms with van der Waals surface area (Å²) in [4.78, 5) is 24.6. The van der Waals surface area contributed by atoms with Gasteiger partial charge >= 0.3 is 0 Å². The molecule has 0 radical (unpaired) electrons. The van der Waals surface area contributed by atoms with E-state index in [-0.39, 0.29) is 5.69 Å². The van der Waals surface area contributed by atoms with Gasteiger partial charge in [-0.15, -0.1) is 0 Å². The summed E-state index contributed by atoms with van der Waals surface area (Å²) in [5.74, 6) is -1.08. The highest BCUT2D eigenvalue weighted by Crippen LogP contribution is 2.25. The number of carbonyl (C=O) groups excluding carboxylic acids is 2. The van der Waals surface area contributed by atoms with Gasteiger partial charge in [0.15, 0.2) is 5.69 Å². The molecule has 27 heavy (non-hydrogen) atoms. The van der Waals surface area contributed by atoms with Gasteiger partial charge in [-0.25, -0.2) is 0 Å². The van der Waals surface area contributed by atoms with Gasteiger partial charge in [0.05, 0.1) is 11.6 Å². The molecule has 144 valence electrons. The maximum atomic E-state index is 12.8. The van der Waals surface area contributed by atoms with E-state index < -0.39 is 23.3 Å². The summed E-state index contributed by atoms with van der Waals surface area (Å²) in [6.45, 7) is 6.05. The van der Waals surface area contributed by atoms with Crippen LogP contribution in [0.4, 0.5) is 0 Å². The lowest BCUT2D eigenvalue weighted by Crippen LogP contribution is -2.52. The first-order valence-corrected chi connectivity index (χ1v) is 9.16. The molecule has 0 spiro atoms. The first-order valence-electron chi connectivity index (χ1n) is 8.78. The summed E-state index contributed by atoms with van der Waals surface area (Å²) in [5, 5.41) is 16.9. The van der Waals surface area contributed by atoms with Crippen LogP contribution in [0.1, 0.15) is 50.5 Å². The molecule has 0 bridgehead atoms. The number of aryl methyl sites for hydroxylation is 1. The molecule has 2 amide bonds. The minimum atomic E-state index is -0.833. The second-order valence-corrected chi connectivity index (χ2v) is 7.96. The lowest BCUT2D eigenvalue weighted by molar-refractivity contribution is -0.122. The van der Waals surface area contributed by atoms with E-state index in [9.17, 15) is 9.59 Å². The molecule has 8 heteroatoms. The second-order valence-electron chi connectivity index (χ2n) is 7.52. The summed E-state index contributed by atoms with van der Waals surface area (Å²) < 4.78 is 1.73. The van der Waals surface area contributed by atoms with E-state index in [0.29, 0.717) is 23.4 Å². The van der Waals surface area contributed by atoms with Crippen LogP contribution in [-0.2, 0) is 11.3 Å². The Balaban J connectivity index is 2.36. The van der Waals surface area contributed by atoms with E-state index in [1.165, 1.54) is 0 Å². The molecule has 1 atom stereocenters. The van der Waals surface area contributed by atoms with Crippen molar-refractivity contribution in [3.63, 3.8) is 0 Å². The van der Waals surface area contributed by atoms with Crippen molar-refractivity contribution in [3.8, 4) is 6.07 Å². The summed E-state index contributed by atoms with van der Waals surface area (Å²) in [6.07, 6.45) is 1.99. The quantitative estimate of drug-likeness (QED) is 0.708. The minimum Gasteiger partial charge on any atom is -0.368 e. The molecule has 7 nitrogen and oxygen atoms in total. The Kier molecular flexibility index (Phi) is 6.45. The predicted octanol–water partition coefficient (Wildman–Crippen LogP) is 3.01. The monoisotopic (exact) mass is 389 g/mol. The van der Waals surface area contributed by atoms with E-state index in [1.807, 2.05) is 20.8 Å². The topological polar surface area (TPSA) is 114 Å². The summed E-state index contributed by atoms with van der Waals surface area (Å²) in [6, 6.07) is 6.50. The van der Waals surface area contributed by atoms with Crippen LogP contribution in [-0.4, -0.2) is 27.6 Å². The summed E-state index contributed by atoms with van der Waals surface area (Å²) in [7, 11) is 0. The van der Waals surface area contributed by atoms with Crippen LogP contribution in [0.3, 0.4) is 0 Å². The van der Waals surface area contributed by atoms with Gasteiger partial charge in [0.1, 0.15) is 6.04 Å². The highest BCUT2D eigenvalue weighted by Gasteiger charge is 2.32. The minimum absolute atomic E-state index is 0.197. The number of hydrogen-bond donors (Lipinski definition) is 2. The number of halogens is 1. The molecule has 0 saturated heterocycles. The summed E-state index contributed by atoms with van der Waals surface area (Å²) in [5.41, 5.74) is 5.89. The van der Waals surface area contributed by atoms with Crippen molar-refractivity contribution in [3.05, 3.63) is 28.9 Å². The van der Waals surface area contributed by atoms with Gasteiger partial charge in [-0.1, -0.05) is 32.4 Å². The molecule has 0 fully saturated rings. The van der Waals surface area contributed by atoms with Crippen molar-refractivity contribution in [2.24, 2.45) is 11.1 Å². The Bertz CT molecular complexity index is 892. The van der Waals surface area contributed by atoms with E-state index in [4.69, 9.17) is 22.6 Å². The second kappa shape index (κ2) is 8.40. The predicted molar refractivity (Wildman–Crippen MR) is 104 cm³/mol. The molecule has 1 heterocycles. The molecule has 0 aliphatic heterocycles. The molecular weight excluding hydrogens is 366 g/mol. The molecule has 2 rings (SSSR count). The summed E-state index contributed by atoms with van der Waals surface area (Å²) >= 11 is 6.10. The smallest absolute Gasteiger partial charge is 0.273 e. The van der Waals surface area contributed by atoms with E-state index >= 15 is 0 Å². The zero-order valence-corrected chi connectivity index (χ0v) is 16.5. The van der Waals surface area contributed by atoms with Crippen molar-refractivity contribution < 1.29 is 9.59 Å². The molecule has 1 aromatic heterocycles. The van der Waals surface area contributed by atoms with E-state index in [2.05, 4.69) is 16.5 Å². The van der Waals surface area contributed by atoms with Crippen LogP contribution in [0.2, 0.25) is 5.02 Å². The zero-order chi connectivity index (χ0) is 20.2. The standard InChI is InChI=1S/C19H24ClN5O2/c1-19(2,3)16(17(22)26)23-18(27)15-13-11-12(20)7-8-14(13)25(24-15)10-6-4-5-9-21/h7-8,11,16H,4-6,10H2,1-3H3,(H2,22,26)(H,23,27)/t16-/m1/s1. The number of nitrogens with zero attached hydrogens (tertiary/aromatic N) is 3. The number of nitrogens with two attached hydrogens (primary N) is 1. The van der Waals surface area contributed by atoms with Gasteiger partial charge in [0.25, 0.3) is 5.91 Å². The number of nitrogens with one attached hydrogen (secondary N) is 1. The fourth-order valence-electron chi connectivity index (χ4n) is 2.87. The van der Waals surface area contributed by atoms with Gasteiger partial charge < -0.3 is 11.1 Å². The van der Waals surface area contributed by atoms with Crippen LogP contribution in [0.25, 0.3) is 10.9 Å². The Hall–Kier alpha value is -2.59. The zero-order valence-electron chi connectivity index (χ0n) is 15.8.